The highest BCUT2D eigenvalue weighted by atomic mass is 16.2. The fourth-order valence-corrected chi connectivity index (χ4v) is 2.19. The molecule has 1 aliphatic heterocycles. The Morgan fingerprint density at radius 2 is 2.26 bits per heavy atom. The van der Waals surface area contributed by atoms with E-state index >= 15 is 0 Å². The average Bonchev–Trinajstić information content (AvgIpc) is 2.93. The van der Waals surface area contributed by atoms with E-state index in [0.717, 1.165) is 17.0 Å². The van der Waals surface area contributed by atoms with Crippen molar-refractivity contribution in [2.75, 3.05) is 0 Å². The molecule has 1 atom stereocenters. The quantitative estimate of drug-likeness (QED) is 0.874. The molecule has 96 valence electrons. The molecule has 6 heteroatoms. The Morgan fingerprint density at radius 1 is 1.37 bits per heavy atom. The van der Waals surface area contributed by atoms with Crippen LogP contribution in [-0.4, -0.2) is 26.2 Å². The second-order valence-electron chi connectivity index (χ2n) is 4.50. The van der Waals surface area contributed by atoms with Crippen molar-refractivity contribution in [3.05, 3.63) is 42.7 Å². The van der Waals surface area contributed by atoms with Crippen LogP contribution >= 0.6 is 0 Å². The van der Waals surface area contributed by atoms with Gasteiger partial charge in [-0.25, -0.2) is 10.4 Å². The van der Waals surface area contributed by atoms with Crippen molar-refractivity contribution in [3.63, 3.8) is 0 Å². The predicted octanol–water partition coefficient (Wildman–Crippen LogP) is 1.13. The van der Waals surface area contributed by atoms with Gasteiger partial charge >= 0.3 is 0 Å². The smallest absolute Gasteiger partial charge is 0.240 e. The molecule has 6 nitrogen and oxygen atoms in total. The van der Waals surface area contributed by atoms with Gasteiger partial charge < -0.3 is 4.57 Å². The number of carbonyl (C=O) groups is 1. The number of aromatic nitrogens is 3. The summed E-state index contributed by atoms with van der Waals surface area (Å²) < 4.78 is 1.91. The van der Waals surface area contributed by atoms with Gasteiger partial charge in [0.05, 0.1) is 17.7 Å². The Bertz CT molecular complexity index is 632. The maximum absolute atomic E-state index is 11.3. The predicted molar refractivity (Wildman–Crippen MR) is 69.8 cm³/mol. The number of hydrogen-bond acceptors (Lipinski definition) is 4. The molecule has 0 saturated heterocycles. The Hall–Kier alpha value is -2.50. The first kappa shape index (κ1) is 11.6. The van der Waals surface area contributed by atoms with Gasteiger partial charge in [-0.15, -0.1) is 0 Å². The molecule has 0 aromatic carbocycles. The minimum absolute atomic E-state index is 0.0516. The number of hydrazone groups is 1. The largest absolute Gasteiger partial charge is 0.306 e. The minimum Gasteiger partial charge on any atom is -0.306 e. The van der Waals surface area contributed by atoms with E-state index in [1.807, 2.05) is 23.8 Å². The molecule has 0 aliphatic carbocycles. The first-order valence-electron chi connectivity index (χ1n) is 6.05. The summed E-state index contributed by atoms with van der Waals surface area (Å²) in [5, 5.41) is 4.18. The highest BCUT2D eigenvalue weighted by Gasteiger charge is 2.23. The molecule has 3 heterocycles. The highest BCUT2D eigenvalue weighted by Crippen LogP contribution is 2.21. The zero-order chi connectivity index (χ0) is 13.2. The van der Waals surface area contributed by atoms with E-state index in [0.29, 0.717) is 6.42 Å². The van der Waals surface area contributed by atoms with Crippen molar-refractivity contribution >= 4 is 11.6 Å². The standard InChI is InChI=1S/C13H13N5O/c1-9-6-12(19)16-17-13(9)10-7-14-3-2-11(10)18-5-4-15-8-18/h2-5,7-9H,6H2,1H3,(H,16,19). The zero-order valence-corrected chi connectivity index (χ0v) is 10.4. The van der Waals surface area contributed by atoms with Gasteiger partial charge in [-0.05, 0) is 6.07 Å². The molecule has 1 N–H and O–H groups in total. The van der Waals surface area contributed by atoms with Gasteiger partial charge in [0.1, 0.15) is 0 Å². The number of hydrogen-bond donors (Lipinski definition) is 1. The van der Waals surface area contributed by atoms with Gasteiger partial charge in [0.25, 0.3) is 0 Å². The van der Waals surface area contributed by atoms with Crippen LogP contribution in [0.2, 0.25) is 0 Å². The molecule has 0 bridgehead atoms. The normalized spacial score (nSPS) is 18.9. The summed E-state index contributed by atoms with van der Waals surface area (Å²) in [4.78, 5) is 19.5. The SMILES string of the molecule is CC1CC(=O)NN=C1c1cnccc1-n1ccnc1. The topological polar surface area (TPSA) is 72.2 Å². The van der Waals surface area contributed by atoms with Gasteiger partial charge in [-0.2, -0.15) is 5.10 Å². The Kier molecular flexibility index (Phi) is 2.83. The highest BCUT2D eigenvalue weighted by molar-refractivity contribution is 6.07. The van der Waals surface area contributed by atoms with Gasteiger partial charge in [0.15, 0.2) is 0 Å². The average molecular weight is 255 g/mol. The molecule has 0 spiro atoms. The van der Waals surface area contributed by atoms with E-state index in [1.165, 1.54) is 0 Å². The third-order valence-corrected chi connectivity index (χ3v) is 3.12. The molecular formula is C13H13N5O. The second kappa shape index (κ2) is 4.64. The number of rotatable bonds is 2. The molecule has 3 rings (SSSR count). The van der Waals surface area contributed by atoms with Crippen molar-refractivity contribution in [3.8, 4) is 5.69 Å². The van der Waals surface area contributed by atoms with Crippen LogP contribution in [0.5, 0.6) is 0 Å². The lowest BCUT2D eigenvalue weighted by atomic mass is 9.94. The van der Waals surface area contributed by atoms with Crippen LogP contribution in [0.3, 0.4) is 0 Å². The summed E-state index contributed by atoms with van der Waals surface area (Å²) in [5.41, 5.74) is 5.24. The molecule has 2 aromatic rings. The molecule has 0 radical (unpaired) electrons. The maximum Gasteiger partial charge on any atom is 0.240 e. The number of imidazole rings is 1. The van der Waals surface area contributed by atoms with E-state index < -0.39 is 0 Å². The molecule has 1 amide bonds. The summed E-state index contributed by atoms with van der Waals surface area (Å²) in [6, 6.07) is 1.91. The summed E-state index contributed by atoms with van der Waals surface area (Å²) in [6.45, 7) is 1.99. The molecule has 1 aliphatic rings. The molecule has 1 unspecified atom stereocenters. The Morgan fingerprint density at radius 3 is 3.00 bits per heavy atom. The Labute approximate surface area is 110 Å². The van der Waals surface area contributed by atoms with Gasteiger partial charge in [-0.1, -0.05) is 6.92 Å². The monoisotopic (exact) mass is 255 g/mol. The fourth-order valence-electron chi connectivity index (χ4n) is 2.19. The lowest BCUT2D eigenvalue weighted by molar-refractivity contribution is -0.121. The summed E-state index contributed by atoms with van der Waals surface area (Å²) in [7, 11) is 0. The first-order valence-corrected chi connectivity index (χ1v) is 6.05. The van der Waals surface area contributed by atoms with Crippen LogP contribution in [0.4, 0.5) is 0 Å². The number of nitrogens with one attached hydrogen (secondary N) is 1. The van der Waals surface area contributed by atoms with E-state index in [9.17, 15) is 4.79 Å². The van der Waals surface area contributed by atoms with E-state index in [4.69, 9.17) is 0 Å². The van der Waals surface area contributed by atoms with Crippen molar-refractivity contribution in [2.45, 2.75) is 13.3 Å². The number of pyridine rings is 1. The second-order valence-corrected chi connectivity index (χ2v) is 4.50. The molecule has 19 heavy (non-hydrogen) atoms. The maximum atomic E-state index is 11.3. The summed E-state index contributed by atoms with van der Waals surface area (Å²) in [5.74, 6) is 0.0181. The third kappa shape index (κ3) is 2.12. The van der Waals surface area contributed by atoms with Crippen LogP contribution < -0.4 is 5.43 Å². The van der Waals surface area contributed by atoms with Crippen LogP contribution in [-0.2, 0) is 4.79 Å². The van der Waals surface area contributed by atoms with Crippen molar-refractivity contribution in [1.82, 2.24) is 20.0 Å². The van der Waals surface area contributed by atoms with Crippen LogP contribution in [0.1, 0.15) is 18.9 Å². The van der Waals surface area contributed by atoms with Crippen LogP contribution in [0.25, 0.3) is 5.69 Å². The number of nitrogens with zero attached hydrogens (tertiary/aromatic N) is 4. The number of carbonyl (C=O) groups excluding carboxylic acids is 1. The zero-order valence-electron chi connectivity index (χ0n) is 10.4. The molecular weight excluding hydrogens is 242 g/mol. The first-order chi connectivity index (χ1) is 9.25. The van der Waals surface area contributed by atoms with E-state index in [2.05, 4.69) is 20.5 Å². The summed E-state index contributed by atoms with van der Waals surface area (Å²) >= 11 is 0. The van der Waals surface area contributed by atoms with Crippen LogP contribution in [0.15, 0.2) is 42.3 Å². The molecule has 0 saturated carbocycles. The van der Waals surface area contributed by atoms with Gasteiger partial charge in [0, 0.05) is 42.7 Å². The lowest BCUT2D eigenvalue weighted by Crippen LogP contribution is -2.32. The van der Waals surface area contributed by atoms with E-state index in [1.54, 1.807) is 24.9 Å². The van der Waals surface area contributed by atoms with Crippen molar-refractivity contribution < 1.29 is 4.79 Å². The van der Waals surface area contributed by atoms with Crippen LogP contribution in [0, 0.1) is 5.92 Å². The Balaban J connectivity index is 2.09. The molecule has 2 aromatic heterocycles. The minimum atomic E-state index is -0.0516. The third-order valence-electron chi connectivity index (χ3n) is 3.12. The van der Waals surface area contributed by atoms with Crippen molar-refractivity contribution in [2.24, 2.45) is 11.0 Å². The molecule has 0 fully saturated rings. The number of amides is 1. The fraction of sp³-hybridized carbons (Fsp3) is 0.231. The van der Waals surface area contributed by atoms with E-state index in [-0.39, 0.29) is 11.8 Å². The van der Waals surface area contributed by atoms with Gasteiger partial charge in [0.2, 0.25) is 5.91 Å². The van der Waals surface area contributed by atoms with Gasteiger partial charge in [-0.3, -0.25) is 9.78 Å². The lowest BCUT2D eigenvalue weighted by Gasteiger charge is -2.20. The van der Waals surface area contributed by atoms with Crippen molar-refractivity contribution in [1.29, 1.82) is 0 Å². The summed E-state index contributed by atoms with van der Waals surface area (Å²) in [6.07, 6.45) is 9.25.